The summed E-state index contributed by atoms with van der Waals surface area (Å²) in [4.78, 5) is 30.4. The third kappa shape index (κ3) is 4.24. The van der Waals surface area contributed by atoms with Gasteiger partial charge in [-0.1, -0.05) is 24.9 Å². The molecular formula is C19H21ClN2O3S. The fraction of sp³-hybridized carbons (Fsp3) is 0.421. The SMILES string of the molecule is CC[C@H]1CCc2sc(C(=O)O[C@H](C)C(=O)Nc3cccnc3Cl)cc2C1. The molecular weight excluding hydrogens is 372 g/mol. The van der Waals surface area contributed by atoms with Crippen LogP contribution >= 0.6 is 22.9 Å². The Balaban J connectivity index is 1.62. The molecule has 3 rings (SSSR count). The Kier molecular flexibility index (Phi) is 5.94. The Morgan fingerprint density at radius 3 is 3.04 bits per heavy atom. The maximum atomic E-state index is 12.4. The van der Waals surface area contributed by atoms with Crippen molar-refractivity contribution < 1.29 is 14.3 Å². The number of nitrogens with one attached hydrogen (secondary N) is 1. The Hall–Kier alpha value is -1.92. The van der Waals surface area contributed by atoms with E-state index < -0.39 is 18.0 Å². The number of ether oxygens (including phenoxy) is 1. The van der Waals surface area contributed by atoms with Crippen molar-refractivity contribution in [1.29, 1.82) is 0 Å². The molecule has 138 valence electrons. The summed E-state index contributed by atoms with van der Waals surface area (Å²) in [5, 5.41) is 2.81. The highest BCUT2D eigenvalue weighted by Crippen LogP contribution is 2.34. The second-order valence-corrected chi connectivity index (χ2v) is 7.95. The maximum Gasteiger partial charge on any atom is 0.349 e. The zero-order chi connectivity index (χ0) is 18.7. The molecule has 0 aromatic carbocycles. The van der Waals surface area contributed by atoms with Gasteiger partial charge in [0.25, 0.3) is 5.91 Å². The van der Waals surface area contributed by atoms with Crippen LogP contribution in [0.5, 0.6) is 0 Å². The first kappa shape index (κ1) is 18.9. The van der Waals surface area contributed by atoms with Gasteiger partial charge in [-0.25, -0.2) is 9.78 Å². The standard InChI is InChI=1S/C19H21ClN2O3S/c1-3-12-6-7-15-13(9-12)10-16(26-15)19(24)25-11(2)18(23)22-14-5-4-8-21-17(14)20/h4-5,8,10-12H,3,6-7,9H2,1-2H3,(H,22,23)/t11-,12+/m1/s1. The van der Waals surface area contributed by atoms with Crippen LogP contribution in [0.15, 0.2) is 24.4 Å². The van der Waals surface area contributed by atoms with Gasteiger partial charge in [-0.15, -0.1) is 11.3 Å². The van der Waals surface area contributed by atoms with Gasteiger partial charge in [0.1, 0.15) is 4.88 Å². The van der Waals surface area contributed by atoms with Crippen molar-refractivity contribution in [1.82, 2.24) is 4.98 Å². The quantitative estimate of drug-likeness (QED) is 0.601. The van der Waals surface area contributed by atoms with Gasteiger partial charge in [0.2, 0.25) is 0 Å². The van der Waals surface area contributed by atoms with Crippen LogP contribution in [0.3, 0.4) is 0 Å². The third-order valence-corrected chi connectivity index (χ3v) is 6.15. The number of pyridine rings is 1. The fourth-order valence-corrected chi connectivity index (χ4v) is 4.29. The number of esters is 1. The number of carbonyl (C=O) groups is 2. The number of amides is 1. The predicted octanol–water partition coefficient (Wildman–Crippen LogP) is 4.50. The lowest BCUT2D eigenvalue weighted by Gasteiger charge is -2.19. The molecule has 1 amide bonds. The van der Waals surface area contributed by atoms with Crippen molar-refractivity contribution in [2.45, 2.75) is 45.6 Å². The van der Waals surface area contributed by atoms with Crippen molar-refractivity contribution >= 4 is 40.5 Å². The van der Waals surface area contributed by atoms with E-state index in [0.29, 0.717) is 16.5 Å². The van der Waals surface area contributed by atoms with E-state index in [1.807, 2.05) is 6.07 Å². The van der Waals surface area contributed by atoms with Crippen LogP contribution in [0.1, 0.15) is 46.8 Å². The van der Waals surface area contributed by atoms with Crippen LogP contribution in [0.2, 0.25) is 5.15 Å². The Labute approximate surface area is 161 Å². The van der Waals surface area contributed by atoms with Gasteiger partial charge in [-0.05, 0) is 55.9 Å². The van der Waals surface area contributed by atoms with E-state index in [1.54, 1.807) is 12.1 Å². The van der Waals surface area contributed by atoms with Gasteiger partial charge in [-0.2, -0.15) is 0 Å². The molecule has 26 heavy (non-hydrogen) atoms. The summed E-state index contributed by atoms with van der Waals surface area (Å²) in [6.45, 7) is 3.74. The summed E-state index contributed by atoms with van der Waals surface area (Å²) >= 11 is 7.40. The highest BCUT2D eigenvalue weighted by molar-refractivity contribution is 7.14. The third-order valence-electron chi connectivity index (χ3n) is 4.63. The van der Waals surface area contributed by atoms with Gasteiger partial charge in [-0.3, -0.25) is 4.79 Å². The van der Waals surface area contributed by atoms with E-state index in [0.717, 1.165) is 19.3 Å². The van der Waals surface area contributed by atoms with Crippen LogP contribution in [-0.4, -0.2) is 23.0 Å². The summed E-state index contributed by atoms with van der Waals surface area (Å²) in [6, 6.07) is 5.23. The molecule has 0 bridgehead atoms. The average Bonchev–Trinajstić information content (AvgIpc) is 3.06. The van der Waals surface area contributed by atoms with Crippen molar-refractivity contribution in [3.05, 3.63) is 44.9 Å². The molecule has 1 aliphatic rings. The van der Waals surface area contributed by atoms with E-state index in [2.05, 4.69) is 17.2 Å². The number of thiophene rings is 1. The minimum Gasteiger partial charge on any atom is -0.448 e. The molecule has 0 saturated carbocycles. The monoisotopic (exact) mass is 392 g/mol. The van der Waals surface area contributed by atoms with Crippen LogP contribution in [0, 0.1) is 5.92 Å². The summed E-state index contributed by atoms with van der Waals surface area (Å²) in [5.41, 5.74) is 1.64. The smallest absolute Gasteiger partial charge is 0.349 e. The van der Waals surface area contributed by atoms with Gasteiger partial charge in [0.05, 0.1) is 5.69 Å². The molecule has 2 atom stereocenters. The van der Waals surface area contributed by atoms with Crippen LogP contribution < -0.4 is 5.32 Å². The molecule has 2 heterocycles. The van der Waals surface area contributed by atoms with Gasteiger partial charge >= 0.3 is 5.97 Å². The lowest BCUT2D eigenvalue weighted by molar-refractivity contribution is -0.123. The molecule has 0 aliphatic heterocycles. The highest BCUT2D eigenvalue weighted by Gasteiger charge is 2.25. The second-order valence-electron chi connectivity index (χ2n) is 6.45. The first-order valence-corrected chi connectivity index (χ1v) is 9.91. The Morgan fingerprint density at radius 1 is 1.50 bits per heavy atom. The lowest BCUT2D eigenvalue weighted by Crippen LogP contribution is -2.30. The number of hydrogen-bond acceptors (Lipinski definition) is 5. The molecule has 0 unspecified atom stereocenters. The normalized spacial score (nSPS) is 17.3. The molecule has 0 fully saturated rings. The molecule has 1 N–H and O–H groups in total. The largest absolute Gasteiger partial charge is 0.448 e. The maximum absolute atomic E-state index is 12.4. The van der Waals surface area contributed by atoms with E-state index >= 15 is 0 Å². The first-order valence-electron chi connectivity index (χ1n) is 8.71. The number of aromatic nitrogens is 1. The molecule has 0 spiro atoms. The predicted molar refractivity (Wildman–Crippen MR) is 103 cm³/mol. The number of hydrogen-bond donors (Lipinski definition) is 1. The van der Waals surface area contributed by atoms with E-state index in [1.165, 1.54) is 41.3 Å². The van der Waals surface area contributed by atoms with Crippen molar-refractivity contribution in [2.75, 3.05) is 5.32 Å². The van der Waals surface area contributed by atoms with Crippen LogP contribution in [-0.2, 0) is 22.4 Å². The summed E-state index contributed by atoms with van der Waals surface area (Å²) in [6.07, 6.45) is 4.96. The van der Waals surface area contributed by atoms with E-state index in [4.69, 9.17) is 16.3 Å². The van der Waals surface area contributed by atoms with Crippen LogP contribution in [0.25, 0.3) is 0 Å². The topological polar surface area (TPSA) is 68.3 Å². The van der Waals surface area contributed by atoms with Gasteiger partial charge < -0.3 is 10.1 Å². The summed E-state index contributed by atoms with van der Waals surface area (Å²) < 4.78 is 5.34. The second kappa shape index (κ2) is 8.18. The highest BCUT2D eigenvalue weighted by atomic mass is 35.5. The number of halogens is 1. The summed E-state index contributed by atoms with van der Waals surface area (Å²) in [7, 11) is 0. The zero-order valence-electron chi connectivity index (χ0n) is 14.8. The first-order chi connectivity index (χ1) is 12.5. The number of carbonyl (C=O) groups excluding carboxylic acids is 2. The molecule has 2 aromatic heterocycles. The molecule has 0 radical (unpaired) electrons. The molecule has 0 saturated heterocycles. The minimum absolute atomic E-state index is 0.191. The van der Waals surface area contributed by atoms with Crippen LogP contribution in [0.4, 0.5) is 5.69 Å². The number of anilines is 1. The number of fused-ring (bicyclic) bond motifs is 1. The number of rotatable bonds is 5. The molecule has 5 nitrogen and oxygen atoms in total. The zero-order valence-corrected chi connectivity index (χ0v) is 16.3. The summed E-state index contributed by atoms with van der Waals surface area (Å²) in [5.74, 6) is -0.215. The molecule has 2 aromatic rings. The number of nitrogens with zero attached hydrogens (tertiary/aromatic N) is 1. The van der Waals surface area contributed by atoms with E-state index in [9.17, 15) is 9.59 Å². The van der Waals surface area contributed by atoms with Crippen molar-refractivity contribution in [2.24, 2.45) is 5.92 Å². The Bertz CT molecular complexity index is 821. The fourth-order valence-electron chi connectivity index (χ4n) is 3.03. The minimum atomic E-state index is -0.929. The molecule has 1 aliphatic carbocycles. The lowest BCUT2D eigenvalue weighted by atomic mass is 9.87. The number of aryl methyl sites for hydroxylation is 1. The Morgan fingerprint density at radius 2 is 2.31 bits per heavy atom. The van der Waals surface area contributed by atoms with Crippen molar-refractivity contribution in [3.63, 3.8) is 0 Å². The molecule has 7 heteroatoms. The average molecular weight is 393 g/mol. The van der Waals surface area contributed by atoms with Gasteiger partial charge in [0.15, 0.2) is 11.3 Å². The van der Waals surface area contributed by atoms with E-state index in [-0.39, 0.29) is 5.15 Å². The van der Waals surface area contributed by atoms with Gasteiger partial charge in [0, 0.05) is 11.1 Å². The van der Waals surface area contributed by atoms with Crippen molar-refractivity contribution in [3.8, 4) is 0 Å².